The average molecular weight is 285 g/mol. The van der Waals surface area contributed by atoms with E-state index >= 15 is 0 Å². The highest BCUT2D eigenvalue weighted by Crippen LogP contribution is 2.33. The molecule has 1 aromatic heterocycles. The molecule has 1 aromatic carbocycles. The quantitative estimate of drug-likeness (QED) is 0.939. The molecule has 0 saturated carbocycles. The number of furan rings is 1. The SMILES string of the molecule is CC(C)(C(N)c1cc2cc(F)ccc2o1)S(C)(=O)=O. The molecule has 2 aromatic rings. The van der Waals surface area contributed by atoms with Crippen molar-refractivity contribution in [3.63, 3.8) is 0 Å². The third kappa shape index (κ3) is 2.37. The molecule has 1 unspecified atom stereocenters. The number of halogens is 1. The summed E-state index contributed by atoms with van der Waals surface area (Å²) in [6, 6.07) is 4.85. The van der Waals surface area contributed by atoms with Gasteiger partial charge in [0.25, 0.3) is 0 Å². The van der Waals surface area contributed by atoms with E-state index in [1.54, 1.807) is 19.9 Å². The molecule has 2 N–H and O–H groups in total. The van der Waals surface area contributed by atoms with E-state index in [2.05, 4.69) is 0 Å². The first-order valence-electron chi connectivity index (χ1n) is 5.77. The van der Waals surface area contributed by atoms with Gasteiger partial charge in [0.15, 0.2) is 9.84 Å². The lowest BCUT2D eigenvalue weighted by molar-refractivity contribution is 0.423. The Bertz CT molecular complexity index is 719. The smallest absolute Gasteiger partial charge is 0.154 e. The highest BCUT2D eigenvalue weighted by Gasteiger charge is 2.39. The Morgan fingerprint density at radius 3 is 2.53 bits per heavy atom. The van der Waals surface area contributed by atoms with Gasteiger partial charge in [-0.3, -0.25) is 0 Å². The Labute approximate surface area is 111 Å². The van der Waals surface area contributed by atoms with Crippen molar-refractivity contribution in [1.29, 1.82) is 0 Å². The van der Waals surface area contributed by atoms with Crippen LogP contribution in [0, 0.1) is 5.82 Å². The highest BCUT2D eigenvalue weighted by atomic mass is 32.2. The van der Waals surface area contributed by atoms with Crippen molar-refractivity contribution in [3.8, 4) is 0 Å². The maximum atomic E-state index is 13.1. The van der Waals surface area contributed by atoms with E-state index in [-0.39, 0.29) is 5.82 Å². The molecule has 2 rings (SSSR count). The number of hydrogen-bond acceptors (Lipinski definition) is 4. The fourth-order valence-electron chi connectivity index (χ4n) is 1.76. The zero-order chi connectivity index (χ0) is 14.4. The lowest BCUT2D eigenvalue weighted by atomic mass is 10.0. The van der Waals surface area contributed by atoms with Crippen molar-refractivity contribution in [1.82, 2.24) is 0 Å². The van der Waals surface area contributed by atoms with Crippen LogP contribution in [0.5, 0.6) is 0 Å². The summed E-state index contributed by atoms with van der Waals surface area (Å²) in [5, 5.41) is 0.565. The molecule has 0 fully saturated rings. The molecule has 1 heterocycles. The van der Waals surface area contributed by atoms with E-state index in [1.807, 2.05) is 0 Å². The molecule has 0 aliphatic heterocycles. The topological polar surface area (TPSA) is 73.3 Å². The summed E-state index contributed by atoms with van der Waals surface area (Å²) < 4.78 is 41.0. The molecule has 0 amide bonds. The van der Waals surface area contributed by atoms with Crippen molar-refractivity contribution < 1.29 is 17.2 Å². The molecule has 0 aliphatic carbocycles. The zero-order valence-corrected chi connectivity index (χ0v) is 11.8. The van der Waals surface area contributed by atoms with Crippen molar-refractivity contribution >= 4 is 20.8 Å². The minimum absolute atomic E-state index is 0.330. The summed E-state index contributed by atoms with van der Waals surface area (Å²) in [5.41, 5.74) is 6.48. The maximum absolute atomic E-state index is 13.1. The van der Waals surface area contributed by atoms with E-state index in [4.69, 9.17) is 10.2 Å². The van der Waals surface area contributed by atoms with Gasteiger partial charge >= 0.3 is 0 Å². The van der Waals surface area contributed by atoms with E-state index in [1.165, 1.54) is 18.2 Å². The van der Waals surface area contributed by atoms with E-state index in [9.17, 15) is 12.8 Å². The summed E-state index contributed by atoms with van der Waals surface area (Å²) in [6.45, 7) is 3.08. The van der Waals surface area contributed by atoms with Crippen LogP contribution in [0.25, 0.3) is 11.0 Å². The van der Waals surface area contributed by atoms with Gasteiger partial charge in [0, 0.05) is 11.6 Å². The van der Waals surface area contributed by atoms with Gasteiger partial charge in [-0.2, -0.15) is 0 Å². The standard InChI is InChI=1S/C13H16FNO3S/c1-13(2,19(3,16)17)12(15)11-7-8-6-9(14)4-5-10(8)18-11/h4-7,12H,15H2,1-3H3. The lowest BCUT2D eigenvalue weighted by Crippen LogP contribution is -2.42. The Balaban J connectivity index is 2.50. The fourth-order valence-corrected chi connectivity index (χ4v) is 2.34. The molecular formula is C13H16FNO3S. The van der Waals surface area contributed by atoms with Gasteiger partial charge in [-0.1, -0.05) is 0 Å². The first-order valence-corrected chi connectivity index (χ1v) is 7.66. The number of nitrogens with two attached hydrogens (primary N) is 1. The van der Waals surface area contributed by atoms with Crippen LogP contribution in [0.15, 0.2) is 28.7 Å². The van der Waals surface area contributed by atoms with Crippen LogP contribution in [0.4, 0.5) is 4.39 Å². The minimum atomic E-state index is -3.35. The fraction of sp³-hybridized carbons (Fsp3) is 0.385. The van der Waals surface area contributed by atoms with Crippen molar-refractivity contribution in [2.75, 3.05) is 6.26 Å². The zero-order valence-electron chi connectivity index (χ0n) is 11.0. The van der Waals surface area contributed by atoms with Gasteiger partial charge in [0.1, 0.15) is 17.2 Å². The largest absolute Gasteiger partial charge is 0.459 e. The Morgan fingerprint density at radius 2 is 1.95 bits per heavy atom. The van der Waals surface area contributed by atoms with Crippen LogP contribution in [-0.4, -0.2) is 19.4 Å². The number of hydrogen-bond donors (Lipinski definition) is 1. The number of rotatable bonds is 3. The first-order chi connectivity index (χ1) is 8.63. The van der Waals surface area contributed by atoms with Gasteiger partial charge in [0.2, 0.25) is 0 Å². The Kier molecular flexibility index (Phi) is 3.18. The normalized spacial score (nSPS) is 14.8. The Morgan fingerprint density at radius 1 is 1.32 bits per heavy atom. The summed E-state index contributed by atoms with van der Waals surface area (Å²) >= 11 is 0. The maximum Gasteiger partial charge on any atom is 0.154 e. The molecule has 1 atom stereocenters. The average Bonchev–Trinajstić information content (AvgIpc) is 2.68. The van der Waals surface area contributed by atoms with Crippen molar-refractivity contribution in [2.24, 2.45) is 5.73 Å². The van der Waals surface area contributed by atoms with Crippen LogP contribution >= 0.6 is 0 Å². The summed E-state index contributed by atoms with van der Waals surface area (Å²) in [7, 11) is -3.35. The van der Waals surface area contributed by atoms with Crippen molar-refractivity contribution in [2.45, 2.75) is 24.6 Å². The van der Waals surface area contributed by atoms with Crippen LogP contribution in [0.1, 0.15) is 25.6 Å². The van der Waals surface area contributed by atoms with Crippen LogP contribution in [-0.2, 0) is 9.84 Å². The van der Waals surface area contributed by atoms with Crippen LogP contribution in [0.3, 0.4) is 0 Å². The van der Waals surface area contributed by atoms with Gasteiger partial charge in [-0.25, -0.2) is 12.8 Å². The molecule has 104 valence electrons. The third-order valence-corrected chi connectivity index (χ3v) is 5.67. The predicted molar refractivity (Wildman–Crippen MR) is 72.0 cm³/mol. The molecule has 6 heteroatoms. The highest BCUT2D eigenvalue weighted by molar-refractivity contribution is 7.92. The molecule has 19 heavy (non-hydrogen) atoms. The second kappa shape index (κ2) is 4.31. The van der Waals surface area contributed by atoms with Gasteiger partial charge in [0.05, 0.1) is 10.8 Å². The third-order valence-electron chi connectivity index (χ3n) is 3.51. The monoisotopic (exact) mass is 285 g/mol. The predicted octanol–water partition coefficient (Wildman–Crippen LogP) is 2.39. The molecule has 0 radical (unpaired) electrons. The van der Waals surface area contributed by atoms with Gasteiger partial charge in [-0.05, 0) is 38.1 Å². The van der Waals surface area contributed by atoms with Crippen molar-refractivity contribution in [3.05, 3.63) is 35.8 Å². The second-order valence-corrected chi connectivity index (χ2v) is 7.78. The number of sulfone groups is 1. The molecule has 0 spiro atoms. The Hall–Kier alpha value is -1.40. The molecule has 0 aliphatic rings. The number of benzene rings is 1. The van der Waals surface area contributed by atoms with E-state index in [0.717, 1.165) is 6.26 Å². The van der Waals surface area contributed by atoms with E-state index in [0.29, 0.717) is 16.7 Å². The van der Waals surface area contributed by atoms with Crippen LogP contribution < -0.4 is 5.73 Å². The van der Waals surface area contributed by atoms with Crippen LogP contribution in [0.2, 0.25) is 0 Å². The summed E-state index contributed by atoms with van der Waals surface area (Å²) in [5.74, 6) is -0.0492. The molecule has 4 nitrogen and oxygen atoms in total. The molecule has 0 saturated heterocycles. The molecular weight excluding hydrogens is 269 g/mol. The minimum Gasteiger partial charge on any atom is -0.459 e. The summed E-state index contributed by atoms with van der Waals surface area (Å²) in [6.07, 6.45) is 1.13. The number of fused-ring (bicyclic) bond motifs is 1. The first kappa shape index (κ1) is 14.0. The lowest BCUT2D eigenvalue weighted by Gasteiger charge is -2.27. The van der Waals surface area contributed by atoms with Gasteiger partial charge < -0.3 is 10.2 Å². The summed E-state index contributed by atoms with van der Waals surface area (Å²) in [4.78, 5) is 0. The van der Waals surface area contributed by atoms with E-state index < -0.39 is 20.6 Å². The second-order valence-electron chi connectivity index (χ2n) is 5.18. The molecule has 0 bridgehead atoms. The van der Waals surface area contributed by atoms with Gasteiger partial charge in [-0.15, -0.1) is 0 Å².